The molecule has 2 fully saturated rings. The van der Waals surface area contributed by atoms with Crippen LogP contribution in [0.25, 0.3) is 0 Å². The number of benzene rings is 1. The highest BCUT2D eigenvalue weighted by molar-refractivity contribution is 5.76. The molecule has 0 aliphatic carbocycles. The average Bonchev–Trinajstić information content (AvgIpc) is 3.38. The zero-order chi connectivity index (χ0) is 30.2. The number of hydrogen-bond donors (Lipinski definition) is 1. The highest BCUT2D eigenvalue weighted by Gasteiger charge is 2.31. The summed E-state index contributed by atoms with van der Waals surface area (Å²) >= 11 is 0. The Morgan fingerprint density at radius 2 is 1.68 bits per heavy atom. The van der Waals surface area contributed by atoms with Gasteiger partial charge in [0.2, 0.25) is 11.6 Å². The molecule has 0 aromatic heterocycles. The summed E-state index contributed by atoms with van der Waals surface area (Å²) in [6, 6.07) is 4.87. The number of nitrogens with one attached hydrogen (secondary N) is 1. The Morgan fingerprint density at radius 1 is 1.02 bits per heavy atom. The van der Waals surface area contributed by atoms with E-state index in [-0.39, 0.29) is 36.2 Å². The van der Waals surface area contributed by atoms with Crippen LogP contribution in [0.3, 0.4) is 0 Å². The van der Waals surface area contributed by atoms with E-state index in [1.54, 1.807) is 4.90 Å². The quantitative estimate of drug-likeness (QED) is 0.204. The van der Waals surface area contributed by atoms with Crippen molar-refractivity contribution < 1.29 is 36.1 Å². The van der Waals surface area contributed by atoms with Crippen molar-refractivity contribution in [3.8, 4) is 0 Å². The number of carbonyl (C=O) groups is 1. The molecule has 2 saturated heterocycles. The Labute approximate surface area is 234 Å². The second-order valence-corrected chi connectivity index (χ2v) is 10.3. The molecule has 41 heavy (non-hydrogen) atoms. The van der Waals surface area contributed by atoms with Crippen LogP contribution in [-0.2, 0) is 11.0 Å². The summed E-state index contributed by atoms with van der Waals surface area (Å²) in [5.74, 6) is -0.0414. The smallest absolute Gasteiger partial charge is 0.384 e. The standard InChI is InChI=1S/C27H35F6N5O3/c1-20(38(40)41)4-7-22(10-12-26(28,29)30)34-23-11-14-37(19-23)25(39)3-2-13-35-15-17-36(18-16-35)24-8-5-21(6-9-24)27(31,32)33/h5-6,8-10,23,34H,1-4,7,11-19H2/b22-10+/t23-/m1/s1. The highest BCUT2D eigenvalue weighted by Crippen LogP contribution is 2.31. The normalized spacial score (nSPS) is 19.0. The third kappa shape index (κ3) is 10.6. The van der Waals surface area contributed by atoms with E-state index in [0.717, 1.165) is 37.0 Å². The van der Waals surface area contributed by atoms with Gasteiger partial charge in [-0.2, -0.15) is 26.3 Å². The fourth-order valence-electron chi connectivity index (χ4n) is 4.91. The van der Waals surface area contributed by atoms with Crippen molar-refractivity contribution in [1.29, 1.82) is 0 Å². The largest absolute Gasteiger partial charge is 0.416 e. The number of piperazine rings is 1. The van der Waals surface area contributed by atoms with Crippen molar-refractivity contribution in [2.24, 2.45) is 0 Å². The van der Waals surface area contributed by atoms with Crippen LogP contribution in [0.4, 0.5) is 32.0 Å². The molecule has 0 radical (unpaired) electrons. The predicted molar refractivity (Wildman–Crippen MR) is 142 cm³/mol. The Bertz CT molecular complexity index is 1080. The SMILES string of the molecule is C=C(CC/C(=C\CC(F)(F)F)N[C@@H]1CCN(C(=O)CCCN2CCN(c3ccc(C(F)(F)F)cc3)CC2)C1)[N+](=O)[O-]. The van der Waals surface area contributed by atoms with Gasteiger partial charge in [0.1, 0.15) is 0 Å². The molecule has 1 aromatic carbocycles. The van der Waals surface area contributed by atoms with Crippen molar-refractivity contribution in [2.45, 2.75) is 56.9 Å². The van der Waals surface area contributed by atoms with E-state index >= 15 is 0 Å². The van der Waals surface area contributed by atoms with E-state index in [9.17, 15) is 41.3 Å². The first-order chi connectivity index (χ1) is 19.2. The fourth-order valence-corrected chi connectivity index (χ4v) is 4.91. The fraction of sp³-hybridized carbons (Fsp3) is 0.593. The lowest BCUT2D eigenvalue weighted by Crippen LogP contribution is -2.46. The van der Waals surface area contributed by atoms with Crippen LogP contribution in [0.1, 0.15) is 44.1 Å². The third-order valence-corrected chi connectivity index (χ3v) is 7.25. The first-order valence-electron chi connectivity index (χ1n) is 13.5. The maximum atomic E-state index is 12.8. The molecule has 0 saturated carbocycles. The maximum Gasteiger partial charge on any atom is 0.416 e. The zero-order valence-corrected chi connectivity index (χ0v) is 22.6. The van der Waals surface area contributed by atoms with Gasteiger partial charge in [-0.25, -0.2) is 0 Å². The van der Waals surface area contributed by atoms with Gasteiger partial charge in [-0.3, -0.25) is 19.8 Å². The highest BCUT2D eigenvalue weighted by atomic mass is 19.4. The molecule has 2 aliphatic rings. The number of anilines is 1. The van der Waals surface area contributed by atoms with Crippen LogP contribution in [0.15, 0.2) is 48.3 Å². The van der Waals surface area contributed by atoms with E-state index in [1.165, 1.54) is 12.1 Å². The van der Waals surface area contributed by atoms with E-state index in [0.29, 0.717) is 52.0 Å². The number of carbonyl (C=O) groups excluding carboxylic acids is 1. The molecular formula is C27H35F6N5O3. The third-order valence-electron chi connectivity index (χ3n) is 7.25. The summed E-state index contributed by atoms with van der Waals surface area (Å²) in [5, 5.41) is 13.8. The predicted octanol–water partition coefficient (Wildman–Crippen LogP) is 5.21. The number of nitrogens with zero attached hydrogens (tertiary/aromatic N) is 4. The number of likely N-dealkylation sites (tertiary alicyclic amines) is 1. The summed E-state index contributed by atoms with van der Waals surface area (Å²) in [6.45, 7) is 7.61. The van der Waals surface area contributed by atoms with Crippen molar-refractivity contribution in [3.05, 3.63) is 64.0 Å². The maximum absolute atomic E-state index is 12.8. The molecule has 1 aromatic rings. The lowest BCUT2D eigenvalue weighted by Gasteiger charge is -2.36. The molecule has 228 valence electrons. The molecule has 1 atom stereocenters. The molecule has 14 heteroatoms. The molecule has 0 unspecified atom stereocenters. The molecule has 0 spiro atoms. The first kappa shape index (κ1) is 32.2. The lowest BCUT2D eigenvalue weighted by atomic mass is 10.1. The van der Waals surface area contributed by atoms with Gasteiger partial charge in [0.15, 0.2) is 0 Å². The Kier molecular flexibility index (Phi) is 11.0. The topological polar surface area (TPSA) is 82.0 Å². The second kappa shape index (κ2) is 14.1. The molecule has 8 nitrogen and oxygen atoms in total. The van der Waals surface area contributed by atoms with Crippen LogP contribution in [0.2, 0.25) is 0 Å². The van der Waals surface area contributed by atoms with Gasteiger partial charge >= 0.3 is 12.4 Å². The molecule has 1 amide bonds. The second-order valence-electron chi connectivity index (χ2n) is 10.3. The van der Waals surface area contributed by atoms with Gasteiger partial charge in [-0.15, -0.1) is 0 Å². The number of nitro groups is 1. The minimum absolute atomic E-state index is 0.0203. The van der Waals surface area contributed by atoms with Crippen molar-refractivity contribution in [1.82, 2.24) is 15.1 Å². The van der Waals surface area contributed by atoms with E-state index in [1.807, 2.05) is 4.90 Å². The van der Waals surface area contributed by atoms with E-state index in [2.05, 4.69) is 16.8 Å². The monoisotopic (exact) mass is 591 g/mol. The number of halogens is 6. The number of amides is 1. The van der Waals surface area contributed by atoms with E-state index in [4.69, 9.17) is 0 Å². The Balaban J connectivity index is 1.39. The molecule has 1 N–H and O–H groups in total. The van der Waals surface area contributed by atoms with Crippen molar-refractivity contribution in [2.75, 3.05) is 50.7 Å². The Hall–Kier alpha value is -3.29. The van der Waals surface area contributed by atoms with Gasteiger partial charge < -0.3 is 15.1 Å². The number of allylic oxidation sites excluding steroid dienone is 3. The van der Waals surface area contributed by atoms with Gasteiger partial charge in [0.05, 0.1) is 16.9 Å². The molecule has 0 bridgehead atoms. The van der Waals surface area contributed by atoms with Gasteiger partial charge in [0, 0.05) is 69.5 Å². The van der Waals surface area contributed by atoms with Crippen LogP contribution >= 0.6 is 0 Å². The summed E-state index contributed by atoms with van der Waals surface area (Å²) in [4.78, 5) is 28.8. The van der Waals surface area contributed by atoms with Gasteiger partial charge in [0.25, 0.3) is 0 Å². The molecular weight excluding hydrogens is 556 g/mol. The summed E-state index contributed by atoms with van der Waals surface area (Å²) < 4.78 is 76.6. The van der Waals surface area contributed by atoms with Crippen molar-refractivity contribution in [3.63, 3.8) is 0 Å². The van der Waals surface area contributed by atoms with Gasteiger partial charge in [-0.05, 0) is 56.7 Å². The summed E-state index contributed by atoms with van der Waals surface area (Å²) in [5.41, 5.74) is 0.0279. The van der Waals surface area contributed by atoms with Gasteiger partial charge in [-0.1, -0.05) is 6.08 Å². The van der Waals surface area contributed by atoms with Crippen LogP contribution in [0.5, 0.6) is 0 Å². The molecule has 2 heterocycles. The number of rotatable bonds is 12. The zero-order valence-electron chi connectivity index (χ0n) is 22.6. The van der Waals surface area contributed by atoms with Crippen LogP contribution in [0, 0.1) is 10.1 Å². The van der Waals surface area contributed by atoms with Crippen molar-refractivity contribution >= 4 is 11.6 Å². The summed E-state index contributed by atoms with van der Waals surface area (Å²) in [7, 11) is 0. The average molecular weight is 592 g/mol. The first-order valence-corrected chi connectivity index (χ1v) is 13.5. The minimum Gasteiger partial charge on any atom is -0.384 e. The van der Waals surface area contributed by atoms with Crippen LogP contribution < -0.4 is 10.2 Å². The Morgan fingerprint density at radius 3 is 2.27 bits per heavy atom. The number of alkyl halides is 6. The lowest BCUT2D eigenvalue weighted by molar-refractivity contribution is -0.427. The number of hydrogen-bond acceptors (Lipinski definition) is 6. The summed E-state index contributed by atoms with van der Waals surface area (Å²) in [6.07, 6.45) is -7.49. The molecule has 3 rings (SSSR count). The van der Waals surface area contributed by atoms with Crippen LogP contribution in [-0.4, -0.2) is 78.7 Å². The molecule has 2 aliphatic heterocycles. The van der Waals surface area contributed by atoms with E-state index < -0.39 is 29.3 Å². The minimum atomic E-state index is -4.40.